The van der Waals surface area contributed by atoms with Crippen LogP contribution >= 0.6 is 0 Å². The van der Waals surface area contributed by atoms with Crippen LogP contribution in [0.2, 0.25) is 0 Å². The summed E-state index contributed by atoms with van der Waals surface area (Å²) < 4.78 is 16.2. The first-order valence-electron chi connectivity index (χ1n) is 13.3. The van der Waals surface area contributed by atoms with E-state index in [1.807, 2.05) is 13.0 Å². The molecule has 1 unspecified atom stereocenters. The van der Waals surface area contributed by atoms with Gasteiger partial charge < -0.3 is 20.5 Å². The molecule has 9 nitrogen and oxygen atoms in total. The van der Waals surface area contributed by atoms with E-state index in [1.165, 1.54) is 25.7 Å². The molecular weight excluding hydrogens is 472 g/mol. The number of nitrogens with zero attached hydrogens (tertiary/aromatic N) is 2. The molecule has 0 saturated heterocycles. The molecule has 1 aliphatic rings. The van der Waals surface area contributed by atoms with Gasteiger partial charge in [-0.1, -0.05) is 50.7 Å². The molecule has 3 rings (SSSR count). The highest BCUT2D eigenvalue weighted by Gasteiger charge is 2.39. The summed E-state index contributed by atoms with van der Waals surface area (Å²) in [6.07, 6.45) is 8.47. The van der Waals surface area contributed by atoms with Crippen LogP contribution in [0.25, 0.3) is 11.0 Å². The molecule has 1 aromatic carbocycles. The Kier molecular flexibility index (Phi) is 10.7. The van der Waals surface area contributed by atoms with Crippen LogP contribution in [0.3, 0.4) is 0 Å². The normalized spacial score (nSPS) is 15.9. The lowest BCUT2D eigenvalue weighted by Crippen LogP contribution is -2.33. The van der Waals surface area contributed by atoms with Gasteiger partial charge in [-0.3, -0.25) is 0 Å². The zero-order chi connectivity index (χ0) is 26.8. The second kappa shape index (κ2) is 13.9. The minimum Gasteiger partial charge on any atom is -0.462 e. The number of dihydropyridines is 1. The molecule has 9 heteroatoms. The van der Waals surface area contributed by atoms with Gasteiger partial charge in [-0.2, -0.15) is 0 Å². The molecule has 2 heterocycles. The van der Waals surface area contributed by atoms with E-state index in [2.05, 4.69) is 15.6 Å². The second-order valence-electron chi connectivity index (χ2n) is 9.82. The molecule has 202 valence electrons. The van der Waals surface area contributed by atoms with Crippen LogP contribution in [0.15, 0.2) is 45.4 Å². The number of rotatable bonds is 14. The quantitative estimate of drug-likeness (QED) is 0.264. The van der Waals surface area contributed by atoms with Gasteiger partial charge in [0, 0.05) is 11.4 Å². The fourth-order valence-corrected chi connectivity index (χ4v) is 4.73. The lowest BCUT2D eigenvalue weighted by Gasteiger charge is -2.30. The maximum Gasteiger partial charge on any atom is 0.337 e. The molecule has 0 aliphatic carbocycles. The Morgan fingerprint density at radius 3 is 2.22 bits per heavy atom. The van der Waals surface area contributed by atoms with Crippen LogP contribution in [0.5, 0.6) is 0 Å². The first-order valence-corrected chi connectivity index (χ1v) is 13.3. The van der Waals surface area contributed by atoms with Gasteiger partial charge in [0.1, 0.15) is 11.0 Å². The first kappa shape index (κ1) is 28.4. The monoisotopic (exact) mass is 512 g/mol. The van der Waals surface area contributed by atoms with Crippen molar-refractivity contribution in [3.8, 4) is 0 Å². The van der Waals surface area contributed by atoms with Gasteiger partial charge in [0.2, 0.25) is 0 Å². The lowest BCUT2D eigenvalue weighted by molar-refractivity contribution is -0.143. The molecule has 1 aromatic heterocycles. The average molecular weight is 513 g/mol. The molecule has 0 radical (unpaired) electrons. The Bertz CT molecular complexity index is 1130. The maximum absolute atomic E-state index is 13.4. The zero-order valence-corrected chi connectivity index (χ0v) is 22.5. The predicted octanol–water partition coefficient (Wildman–Crippen LogP) is 5.03. The number of esters is 2. The van der Waals surface area contributed by atoms with E-state index in [-0.39, 0.29) is 6.10 Å². The van der Waals surface area contributed by atoms with Crippen molar-refractivity contribution in [3.05, 3.63) is 46.3 Å². The molecule has 1 atom stereocenters. The van der Waals surface area contributed by atoms with Crippen LogP contribution in [0.1, 0.15) is 90.5 Å². The smallest absolute Gasteiger partial charge is 0.337 e. The van der Waals surface area contributed by atoms with Crippen LogP contribution in [-0.2, 0) is 19.1 Å². The molecule has 0 spiro atoms. The molecule has 0 fully saturated rings. The van der Waals surface area contributed by atoms with Crippen molar-refractivity contribution in [2.75, 3.05) is 13.2 Å². The molecule has 37 heavy (non-hydrogen) atoms. The third kappa shape index (κ3) is 7.41. The van der Waals surface area contributed by atoms with Crippen molar-refractivity contribution in [3.63, 3.8) is 0 Å². The van der Waals surface area contributed by atoms with Gasteiger partial charge in [0.05, 0.1) is 29.8 Å². The topological polar surface area (TPSA) is 130 Å². The fourth-order valence-electron chi connectivity index (χ4n) is 4.73. The molecule has 0 saturated carbocycles. The molecule has 2 aromatic rings. The summed E-state index contributed by atoms with van der Waals surface area (Å²) >= 11 is 0. The predicted molar refractivity (Wildman–Crippen MR) is 141 cm³/mol. The van der Waals surface area contributed by atoms with Crippen molar-refractivity contribution in [1.82, 2.24) is 15.6 Å². The largest absolute Gasteiger partial charge is 0.462 e. The highest BCUT2D eigenvalue weighted by Crippen LogP contribution is 2.41. The third-order valence-electron chi connectivity index (χ3n) is 6.50. The van der Waals surface area contributed by atoms with E-state index in [0.29, 0.717) is 45.7 Å². The Morgan fingerprint density at radius 2 is 1.57 bits per heavy atom. The molecule has 3 N–H and O–H groups in total. The van der Waals surface area contributed by atoms with Gasteiger partial charge in [-0.25, -0.2) is 14.2 Å². The maximum atomic E-state index is 13.4. The minimum absolute atomic E-state index is 0.318. The molecular formula is C28H40N4O5. The van der Waals surface area contributed by atoms with Gasteiger partial charge in [-0.15, -0.1) is 0 Å². The highest BCUT2D eigenvalue weighted by molar-refractivity contribution is 6.01. The van der Waals surface area contributed by atoms with Crippen LogP contribution in [-0.4, -0.2) is 41.5 Å². The Morgan fingerprint density at radius 1 is 0.946 bits per heavy atom. The Hall–Kier alpha value is -3.20. The van der Waals surface area contributed by atoms with E-state index >= 15 is 0 Å². The van der Waals surface area contributed by atoms with Crippen molar-refractivity contribution >= 4 is 23.0 Å². The summed E-state index contributed by atoms with van der Waals surface area (Å²) in [5.74, 6) is -1.69. The standard InChI is InChI=1S/C28H40N4O5/c1-18(2)36-28(34)24-20(4)30-19(3)23(25(24)21-14-13-15-22-26(21)32-37-31-22)27(33)35-17-12-10-8-6-5-7-9-11-16-29/h13-15,18,25,30H,5-12,16-17,29H2,1-4H3. The van der Waals surface area contributed by atoms with Crippen LogP contribution in [0.4, 0.5) is 0 Å². The number of nitrogens with two attached hydrogens (primary N) is 1. The van der Waals surface area contributed by atoms with Gasteiger partial charge >= 0.3 is 11.9 Å². The Labute approximate surface area is 218 Å². The second-order valence-corrected chi connectivity index (χ2v) is 9.82. The minimum atomic E-state index is -0.732. The zero-order valence-electron chi connectivity index (χ0n) is 22.5. The number of carbonyl (C=O) groups excluding carboxylic acids is 2. The number of nitrogens with one attached hydrogen (secondary N) is 1. The van der Waals surface area contributed by atoms with Crippen LogP contribution in [0, 0.1) is 0 Å². The summed E-state index contributed by atoms with van der Waals surface area (Å²) in [7, 11) is 0. The number of fused-ring (bicyclic) bond motifs is 1. The average Bonchev–Trinajstić information content (AvgIpc) is 3.33. The Balaban J connectivity index is 1.75. The number of unbranched alkanes of at least 4 members (excludes halogenated alkanes) is 7. The van der Waals surface area contributed by atoms with Gasteiger partial charge in [-0.05, 0) is 69.0 Å². The van der Waals surface area contributed by atoms with Crippen LogP contribution < -0.4 is 11.1 Å². The van der Waals surface area contributed by atoms with Crippen molar-refractivity contribution < 1.29 is 23.7 Å². The number of aromatic nitrogens is 2. The van der Waals surface area contributed by atoms with Gasteiger partial charge in [0.25, 0.3) is 0 Å². The van der Waals surface area contributed by atoms with E-state index in [4.69, 9.17) is 19.8 Å². The summed E-state index contributed by atoms with van der Waals surface area (Å²) in [4.78, 5) is 26.7. The fraction of sp³-hybridized carbons (Fsp3) is 0.571. The third-order valence-corrected chi connectivity index (χ3v) is 6.50. The SMILES string of the molecule is CC1=C(C(=O)OCCCCCCCCCCN)C(c2cccc3nonc23)C(C(=O)OC(C)C)=C(C)N1. The summed E-state index contributed by atoms with van der Waals surface area (Å²) in [6.45, 7) is 8.27. The van der Waals surface area contributed by atoms with Crippen molar-refractivity contribution in [2.45, 2.75) is 91.1 Å². The summed E-state index contributed by atoms with van der Waals surface area (Å²) in [6, 6.07) is 5.40. The van der Waals surface area contributed by atoms with E-state index in [0.717, 1.165) is 32.2 Å². The molecule has 0 amide bonds. The summed E-state index contributed by atoms with van der Waals surface area (Å²) in [5.41, 5.74) is 9.14. The van der Waals surface area contributed by atoms with Crippen molar-refractivity contribution in [1.29, 1.82) is 0 Å². The molecule has 0 bridgehead atoms. The lowest BCUT2D eigenvalue weighted by atomic mass is 9.80. The van der Waals surface area contributed by atoms with E-state index < -0.39 is 17.9 Å². The number of ether oxygens (including phenoxy) is 2. The van der Waals surface area contributed by atoms with Crippen molar-refractivity contribution in [2.24, 2.45) is 5.73 Å². The first-order chi connectivity index (χ1) is 17.8. The number of carbonyl (C=O) groups is 2. The van der Waals surface area contributed by atoms with Gasteiger partial charge in [0.15, 0.2) is 0 Å². The highest BCUT2D eigenvalue weighted by atomic mass is 16.6. The number of allylic oxidation sites excluding steroid dienone is 2. The number of hydrogen-bond donors (Lipinski definition) is 2. The summed E-state index contributed by atoms with van der Waals surface area (Å²) in [5, 5.41) is 11.2. The van der Waals surface area contributed by atoms with E-state index in [9.17, 15) is 9.59 Å². The number of hydrogen-bond acceptors (Lipinski definition) is 9. The number of benzene rings is 1. The van der Waals surface area contributed by atoms with E-state index in [1.54, 1.807) is 32.9 Å². The molecule has 1 aliphatic heterocycles.